The van der Waals surface area contributed by atoms with Crippen molar-refractivity contribution in [3.63, 3.8) is 0 Å². The number of amides is 1. The number of rotatable bonds is 5. The summed E-state index contributed by atoms with van der Waals surface area (Å²) in [6, 6.07) is 9.64. The maximum absolute atomic E-state index is 12.7. The zero-order valence-corrected chi connectivity index (χ0v) is 16.6. The van der Waals surface area contributed by atoms with Crippen LogP contribution in [-0.4, -0.2) is 25.1 Å². The molecule has 1 heterocycles. The maximum atomic E-state index is 12.7. The first-order chi connectivity index (χ1) is 13.7. The second kappa shape index (κ2) is 8.12. The molecule has 9 heteroatoms. The second-order valence-electron chi connectivity index (χ2n) is 6.06. The topological polar surface area (TPSA) is 60.5 Å². The lowest BCUT2D eigenvalue weighted by Gasteiger charge is -2.09. The summed E-state index contributed by atoms with van der Waals surface area (Å²) in [5.74, 6) is 0.658. The molecule has 3 aromatic rings. The van der Waals surface area contributed by atoms with E-state index >= 15 is 0 Å². The molecule has 2 aromatic carbocycles. The van der Waals surface area contributed by atoms with Gasteiger partial charge in [-0.3, -0.25) is 4.79 Å². The number of alkyl halides is 3. The summed E-state index contributed by atoms with van der Waals surface area (Å²) in [4.78, 5) is 17.4. The Bertz CT molecular complexity index is 1010. The van der Waals surface area contributed by atoms with E-state index in [2.05, 4.69) is 10.3 Å². The van der Waals surface area contributed by atoms with Crippen molar-refractivity contribution >= 4 is 22.9 Å². The van der Waals surface area contributed by atoms with Crippen molar-refractivity contribution in [3.05, 3.63) is 58.6 Å². The Morgan fingerprint density at radius 3 is 2.14 bits per heavy atom. The first-order valence-corrected chi connectivity index (χ1v) is 9.22. The van der Waals surface area contributed by atoms with Crippen molar-refractivity contribution in [2.75, 3.05) is 19.5 Å². The Kier molecular flexibility index (Phi) is 5.78. The average Bonchev–Trinajstić information content (AvgIpc) is 3.09. The zero-order chi connectivity index (χ0) is 21.2. The number of aryl methyl sites for hydroxylation is 1. The molecule has 1 aromatic heterocycles. The molecule has 0 spiro atoms. The van der Waals surface area contributed by atoms with E-state index in [0.717, 1.165) is 23.5 Å². The van der Waals surface area contributed by atoms with Gasteiger partial charge in [-0.1, -0.05) is 12.1 Å². The molecule has 0 fully saturated rings. The van der Waals surface area contributed by atoms with Crippen molar-refractivity contribution in [2.45, 2.75) is 13.1 Å². The lowest BCUT2D eigenvalue weighted by atomic mass is 10.1. The first-order valence-electron chi connectivity index (χ1n) is 8.40. The Morgan fingerprint density at radius 2 is 1.62 bits per heavy atom. The molecule has 0 radical (unpaired) electrons. The number of aromatic nitrogens is 1. The highest BCUT2D eigenvalue weighted by atomic mass is 32.1. The van der Waals surface area contributed by atoms with E-state index in [4.69, 9.17) is 9.47 Å². The van der Waals surface area contributed by atoms with Gasteiger partial charge in [0.1, 0.15) is 21.4 Å². The van der Waals surface area contributed by atoms with Crippen molar-refractivity contribution in [1.82, 2.24) is 4.98 Å². The molecule has 1 amide bonds. The van der Waals surface area contributed by atoms with Gasteiger partial charge >= 0.3 is 6.18 Å². The maximum Gasteiger partial charge on any atom is 0.416 e. The van der Waals surface area contributed by atoms with Crippen LogP contribution in [0.3, 0.4) is 0 Å². The standard InChI is InChI=1S/C20H17F3N2O3S/c1-11-17(18(26)25-14-8-15(27-2)10-16(9-14)28-3)29-19(24-11)12-4-6-13(7-5-12)20(21,22)23/h4-10H,1-3H3,(H,25,26). The quantitative estimate of drug-likeness (QED) is 0.598. The van der Waals surface area contributed by atoms with Crippen molar-refractivity contribution in [1.29, 1.82) is 0 Å². The molecule has 0 saturated heterocycles. The summed E-state index contributed by atoms with van der Waals surface area (Å²) in [5, 5.41) is 3.23. The number of carbonyl (C=O) groups is 1. The summed E-state index contributed by atoms with van der Waals surface area (Å²) in [5.41, 5.74) is 0.736. The molecule has 29 heavy (non-hydrogen) atoms. The zero-order valence-electron chi connectivity index (χ0n) is 15.8. The molecule has 0 atom stereocenters. The van der Waals surface area contributed by atoms with Crippen LogP contribution in [-0.2, 0) is 6.18 Å². The highest BCUT2D eigenvalue weighted by Crippen LogP contribution is 2.33. The minimum Gasteiger partial charge on any atom is -0.497 e. The number of anilines is 1. The van der Waals surface area contributed by atoms with E-state index in [1.165, 1.54) is 26.4 Å². The van der Waals surface area contributed by atoms with Crippen LogP contribution < -0.4 is 14.8 Å². The molecule has 5 nitrogen and oxygen atoms in total. The SMILES string of the molecule is COc1cc(NC(=O)c2sc(-c3ccc(C(F)(F)F)cc3)nc2C)cc(OC)c1. The highest BCUT2D eigenvalue weighted by Gasteiger charge is 2.30. The van der Waals surface area contributed by atoms with Gasteiger partial charge in [0.25, 0.3) is 5.91 Å². The molecule has 0 bridgehead atoms. The van der Waals surface area contributed by atoms with Gasteiger partial charge in [0, 0.05) is 29.4 Å². The van der Waals surface area contributed by atoms with Crippen molar-refractivity contribution in [3.8, 4) is 22.1 Å². The molecule has 0 aliphatic rings. The lowest BCUT2D eigenvalue weighted by Crippen LogP contribution is -2.11. The third-order valence-corrected chi connectivity index (χ3v) is 5.28. The van der Waals surface area contributed by atoms with Crippen LogP contribution in [0, 0.1) is 6.92 Å². The number of hydrogen-bond donors (Lipinski definition) is 1. The average molecular weight is 422 g/mol. The molecule has 3 rings (SSSR count). The third kappa shape index (κ3) is 4.68. The van der Waals surface area contributed by atoms with E-state index in [-0.39, 0.29) is 5.91 Å². The Balaban J connectivity index is 1.84. The van der Waals surface area contributed by atoms with E-state index in [0.29, 0.717) is 38.3 Å². The molecule has 0 aliphatic carbocycles. The molecular formula is C20H17F3N2O3S. The molecule has 1 N–H and O–H groups in total. The number of halogens is 3. The highest BCUT2D eigenvalue weighted by molar-refractivity contribution is 7.17. The fourth-order valence-electron chi connectivity index (χ4n) is 2.60. The van der Waals surface area contributed by atoms with Crippen LogP contribution in [0.1, 0.15) is 20.9 Å². The van der Waals surface area contributed by atoms with Gasteiger partial charge in [-0.2, -0.15) is 13.2 Å². The van der Waals surface area contributed by atoms with E-state index in [9.17, 15) is 18.0 Å². The smallest absolute Gasteiger partial charge is 0.416 e. The molecule has 0 aliphatic heterocycles. The summed E-state index contributed by atoms with van der Waals surface area (Å²) in [6.07, 6.45) is -4.40. The summed E-state index contributed by atoms with van der Waals surface area (Å²) in [6.45, 7) is 1.67. The van der Waals surface area contributed by atoms with Crippen LogP contribution in [0.4, 0.5) is 18.9 Å². The van der Waals surface area contributed by atoms with Crippen LogP contribution in [0.5, 0.6) is 11.5 Å². The molecular weight excluding hydrogens is 405 g/mol. The van der Waals surface area contributed by atoms with Crippen LogP contribution in [0.15, 0.2) is 42.5 Å². The van der Waals surface area contributed by atoms with Crippen LogP contribution >= 0.6 is 11.3 Å². The number of carbonyl (C=O) groups excluding carboxylic acids is 1. The predicted octanol–water partition coefficient (Wildman–Crippen LogP) is 5.41. The molecule has 152 valence electrons. The van der Waals surface area contributed by atoms with Gasteiger partial charge in [-0.15, -0.1) is 11.3 Å². The minimum atomic E-state index is -4.40. The second-order valence-corrected chi connectivity index (χ2v) is 7.06. The van der Waals surface area contributed by atoms with Crippen molar-refractivity contribution in [2.24, 2.45) is 0 Å². The Morgan fingerprint density at radius 1 is 1.03 bits per heavy atom. The number of methoxy groups -OCH3 is 2. The van der Waals surface area contributed by atoms with E-state index in [1.54, 1.807) is 25.1 Å². The number of nitrogens with zero attached hydrogens (tertiary/aromatic N) is 1. The van der Waals surface area contributed by atoms with Crippen LogP contribution in [0.2, 0.25) is 0 Å². The number of ether oxygens (including phenoxy) is 2. The number of benzene rings is 2. The fourth-order valence-corrected chi connectivity index (χ4v) is 3.57. The van der Waals surface area contributed by atoms with Gasteiger partial charge in [0.05, 0.1) is 25.5 Å². The predicted molar refractivity (Wildman–Crippen MR) is 105 cm³/mol. The number of nitrogens with one attached hydrogen (secondary N) is 1. The molecule has 0 unspecified atom stereocenters. The van der Waals surface area contributed by atoms with E-state index in [1.807, 2.05) is 0 Å². The first kappa shape index (κ1) is 20.7. The van der Waals surface area contributed by atoms with Gasteiger partial charge in [0.15, 0.2) is 0 Å². The third-order valence-electron chi connectivity index (χ3n) is 4.07. The fraction of sp³-hybridized carbons (Fsp3) is 0.200. The summed E-state index contributed by atoms with van der Waals surface area (Å²) in [7, 11) is 3.01. The summed E-state index contributed by atoms with van der Waals surface area (Å²) < 4.78 is 48.5. The van der Waals surface area contributed by atoms with Gasteiger partial charge in [-0.05, 0) is 19.1 Å². The van der Waals surface area contributed by atoms with Crippen LogP contribution in [0.25, 0.3) is 10.6 Å². The number of thiazole rings is 1. The minimum absolute atomic E-state index is 0.363. The summed E-state index contributed by atoms with van der Waals surface area (Å²) >= 11 is 1.11. The van der Waals surface area contributed by atoms with Gasteiger partial charge in [0.2, 0.25) is 0 Å². The van der Waals surface area contributed by atoms with Crippen molar-refractivity contribution < 1.29 is 27.4 Å². The normalized spacial score (nSPS) is 11.2. The lowest BCUT2D eigenvalue weighted by molar-refractivity contribution is -0.137. The Labute approximate surface area is 169 Å². The number of hydrogen-bond acceptors (Lipinski definition) is 5. The van der Waals surface area contributed by atoms with Gasteiger partial charge < -0.3 is 14.8 Å². The monoisotopic (exact) mass is 422 g/mol. The van der Waals surface area contributed by atoms with E-state index < -0.39 is 11.7 Å². The van der Waals surface area contributed by atoms with Gasteiger partial charge in [-0.25, -0.2) is 4.98 Å². The Hall–Kier alpha value is -3.07. The molecule has 0 saturated carbocycles. The largest absolute Gasteiger partial charge is 0.497 e.